The minimum atomic E-state index is -2.96. The van der Waals surface area contributed by atoms with E-state index < -0.39 is 8.97 Å². The molecule has 0 aromatic carbocycles. The Hall–Kier alpha value is -0.793. The van der Waals surface area contributed by atoms with E-state index in [2.05, 4.69) is 24.7 Å². The average Bonchev–Trinajstić information content (AvgIpc) is 2.85. The van der Waals surface area contributed by atoms with Gasteiger partial charge in [0.25, 0.3) is 0 Å². The van der Waals surface area contributed by atoms with Gasteiger partial charge < -0.3 is 13.3 Å². The van der Waals surface area contributed by atoms with Gasteiger partial charge in [-0.3, -0.25) is 0 Å². The van der Waals surface area contributed by atoms with Crippen LogP contribution in [0.15, 0.2) is 30.0 Å². The predicted octanol–water partition coefficient (Wildman–Crippen LogP) is 3.22. The zero-order valence-corrected chi connectivity index (χ0v) is 14.8. The topological polar surface area (TPSA) is 40.0 Å². The Bertz CT molecular complexity index is 381. The van der Waals surface area contributed by atoms with E-state index in [-0.39, 0.29) is 0 Å². The minimum absolute atomic E-state index is 0.463. The number of hydrogen-bond acceptors (Lipinski definition) is 4. The van der Waals surface area contributed by atoms with E-state index in [1.54, 1.807) is 0 Å². The largest absolute Gasteiger partial charge is 0.795 e. The molecular formula is C15H29N2O3Si+. The molecule has 1 heterocycles. The molecular weight excluding hydrogens is 284 g/mol. The van der Waals surface area contributed by atoms with Crippen molar-refractivity contribution in [2.24, 2.45) is 4.99 Å². The van der Waals surface area contributed by atoms with Crippen LogP contribution in [0.2, 0.25) is 0 Å². The maximum absolute atomic E-state index is 6.13. The van der Waals surface area contributed by atoms with E-state index >= 15 is 0 Å². The zero-order valence-electron chi connectivity index (χ0n) is 13.8. The first-order valence-corrected chi connectivity index (χ1v) is 9.49. The number of aliphatic imine (C=N–C) groups is 1. The molecule has 0 saturated heterocycles. The monoisotopic (exact) mass is 313 g/mol. The lowest BCUT2D eigenvalue weighted by Crippen LogP contribution is -2.72. The summed E-state index contributed by atoms with van der Waals surface area (Å²) in [5.74, 6) is 0.994. The van der Waals surface area contributed by atoms with E-state index in [9.17, 15) is 0 Å². The van der Waals surface area contributed by atoms with Crippen LogP contribution in [-0.4, -0.2) is 45.3 Å². The van der Waals surface area contributed by atoms with Gasteiger partial charge in [0.05, 0.1) is 19.2 Å². The molecule has 1 aliphatic rings. The van der Waals surface area contributed by atoms with Crippen LogP contribution in [0, 0.1) is 0 Å². The van der Waals surface area contributed by atoms with Crippen molar-refractivity contribution >= 4 is 14.8 Å². The molecule has 0 amide bonds. The molecule has 0 aromatic rings. The van der Waals surface area contributed by atoms with Crippen molar-refractivity contribution in [1.82, 2.24) is 0 Å². The van der Waals surface area contributed by atoms with E-state index in [0.29, 0.717) is 30.4 Å². The van der Waals surface area contributed by atoms with Gasteiger partial charge in [-0.15, -0.1) is 6.58 Å². The van der Waals surface area contributed by atoms with E-state index in [0.717, 1.165) is 18.8 Å². The van der Waals surface area contributed by atoms with E-state index in [1.165, 1.54) is 0 Å². The molecule has 1 aliphatic heterocycles. The summed E-state index contributed by atoms with van der Waals surface area (Å²) in [5, 5.41) is 0. The first kappa shape index (κ1) is 18.3. The van der Waals surface area contributed by atoms with Crippen molar-refractivity contribution < 1.29 is 17.4 Å². The lowest BCUT2D eigenvalue weighted by atomic mass is 10.3. The van der Waals surface area contributed by atoms with Crippen molar-refractivity contribution in [3.63, 3.8) is 0 Å². The quantitative estimate of drug-likeness (QED) is 0.434. The predicted molar refractivity (Wildman–Crippen MR) is 87.4 cm³/mol. The van der Waals surface area contributed by atoms with E-state index in [4.69, 9.17) is 13.3 Å². The van der Waals surface area contributed by atoms with Gasteiger partial charge in [0.15, 0.2) is 5.84 Å². The fraction of sp³-hybridized carbons (Fsp3) is 0.667. The Labute approximate surface area is 130 Å². The van der Waals surface area contributed by atoms with Gasteiger partial charge >= 0.3 is 8.97 Å². The third-order valence-electron chi connectivity index (χ3n) is 3.38. The highest BCUT2D eigenvalue weighted by Gasteiger charge is 2.68. The average molecular weight is 313 g/mol. The second kappa shape index (κ2) is 8.60. The molecule has 0 aliphatic carbocycles. The molecule has 1 unspecified atom stereocenters. The van der Waals surface area contributed by atoms with Gasteiger partial charge in [-0.05, 0) is 27.2 Å². The summed E-state index contributed by atoms with van der Waals surface area (Å²) >= 11 is 0. The highest BCUT2D eigenvalue weighted by molar-refractivity contribution is 6.55. The third-order valence-corrected chi connectivity index (χ3v) is 6.95. The smallest absolute Gasteiger partial charge is 0.325 e. The Kier molecular flexibility index (Phi) is 7.48. The maximum Gasteiger partial charge on any atom is 0.795 e. The summed E-state index contributed by atoms with van der Waals surface area (Å²) in [6.45, 7) is 14.5. The first-order chi connectivity index (χ1) is 10.2. The molecule has 0 radical (unpaired) electrons. The molecule has 1 rings (SSSR count). The van der Waals surface area contributed by atoms with Crippen molar-refractivity contribution in [2.45, 2.75) is 40.5 Å². The molecule has 5 nitrogen and oxygen atoms in total. The highest BCUT2D eigenvalue weighted by atomic mass is 28.4. The zero-order chi connectivity index (χ0) is 15.8. The van der Waals surface area contributed by atoms with Crippen LogP contribution in [0.1, 0.15) is 40.5 Å². The van der Waals surface area contributed by atoms with Crippen molar-refractivity contribution in [3.8, 4) is 0 Å². The van der Waals surface area contributed by atoms with Crippen LogP contribution in [0.25, 0.3) is 0 Å². The van der Waals surface area contributed by atoms with E-state index in [1.807, 2.05) is 33.0 Å². The molecule has 1 atom stereocenters. The van der Waals surface area contributed by atoms with Crippen LogP contribution < -0.4 is 0 Å². The molecule has 0 spiro atoms. The van der Waals surface area contributed by atoms with Gasteiger partial charge in [-0.1, -0.05) is 13.0 Å². The lowest BCUT2D eigenvalue weighted by molar-refractivity contribution is -0.715. The van der Waals surface area contributed by atoms with Gasteiger partial charge in [0.1, 0.15) is 6.20 Å². The minimum Gasteiger partial charge on any atom is -0.325 e. The molecule has 21 heavy (non-hydrogen) atoms. The summed E-state index contributed by atoms with van der Waals surface area (Å²) in [6, 6.07) is 0. The van der Waals surface area contributed by atoms with Crippen LogP contribution >= 0.6 is 0 Å². The molecule has 6 heteroatoms. The molecule has 0 aromatic heterocycles. The molecule has 120 valence electrons. The standard InChI is InChI=1S/C15H29N2O3Si/c1-6-11-15-16-12-14-17(15,13-7-2)21(18-8-3,19-9-4)20-10-5/h6,12,14H,1,7-11,13H2,2-5H3/q+1. The maximum atomic E-state index is 6.13. The lowest BCUT2D eigenvalue weighted by Gasteiger charge is -2.42. The van der Waals surface area contributed by atoms with Crippen molar-refractivity contribution in [1.29, 1.82) is 0 Å². The second-order valence-corrected chi connectivity index (χ2v) is 7.46. The van der Waals surface area contributed by atoms with Crippen LogP contribution in [0.3, 0.4) is 0 Å². The number of rotatable bonds is 11. The number of quaternary nitrogens is 1. The third kappa shape index (κ3) is 3.52. The molecule has 0 fully saturated rings. The second-order valence-electron chi connectivity index (χ2n) is 4.75. The first-order valence-electron chi connectivity index (χ1n) is 7.81. The summed E-state index contributed by atoms with van der Waals surface area (Å²) in [5.41, 5.74) is 0. The normalized spacial score (nSPS) is 21.6. The molecule has 0 bridgehead atoms. The number of hydrogen-bond donors (Lipinski definition) is 0. The Morgan fingerprint density at radius 3 is 2.14 bits per heavy atom. The van der Waals surface area contributed by atoms with Gasteiger partial charge in [-0.2, -0.15) is 0 Å². The van der Waals surface area contributed by atoms with Gasteiger partial charge in [-0.25, -0.2) is 9.14 Å². The Balaban J connectivity index is 3.33. The van der Waals surface area contributed by atoms with Gasteiger partial charge in [0.2, 0.25) is 0 Å². The summed E-state index contributed by atoms with van der Waals surface area (Å²) in [4.78, 5) is 4.54. The summed E-state index contributed by atoms with van der Waals surface area (Å²) in [6.07, 6.45) is 7.47. The Morgan fingerprint density at radius 2 is 1.71 bits per heavy atom. The number of nitrogens with zero attached hydrogens (tertiary/aromatic N) is 2. The fourth-order valence-electron chi connectivity index (χ4n) is 2.73. The Morgan fingerprint density at radius 1 is 1.14 bits per heavy atom. The van der Waals surface area contributed by atoms with Crippen LogP contribution in [0.4, 0.5) is 0 Å². The SMILES string of the molecule is C=CCC1=NC=C[N+]1(CCC)[Si](OCC)(OCC)OCC. The van der Waals surface area contributed by atoms with Crippen LogP contribution in [0.5, 0.6) is 0 Å². The molecule has 0 N–H and O–H groups in total. The van der Waals surface area contributed by atoms with Crippen molar-refractivity contribution in [3.05, 3.63) is 25.1 Å². The van der Waals surface area contributed by atoms with Crippen molar-refractivity contribution in [2.75, 3.05) is 26.4 Å². The summed E-state index contributed by atoms with van der Waals surface area (Å²) < 4.78 is 18.8. The van der Waals surface area contributed by atoms with Crippen LogP contribution in [-0.2, 0) is 13.3 Å². The summed E-state index contributed by atoms with van der Waals surface area (Å²) in [7, 11) is -2.96. The highest BCUT2D eigenvalue weighted by Crippen LogP contribution is 2.32. The molecule has 0 saturated carbocycles. The fourth-order valence-corrected chi connectivity index (χ4v) is 5.97. The van der Waals surface area contributed by atoms with Gasteiger partial charge in [0, 0.05) is 19.8 Å². The number of amidine groups is 1.